The summed E-state index contributed by atoms with van der Waals surface area (Å²) in [6.45, 7) is 19.6. The van der Waals surface area contributed by atoms with E-state index in [1.165, 1.54) is 63.4 Å². The molecule has 5 saturated carbocycles. The SMILES string of the molecule is C=C(C)C1CCC2CCC3(C)C(CCC4C5(C)CCC(O)C(C)(C)C5CCC43C)C21. The first-order chi connectivity index (χ1) is 14.0. The molecule has 0 amide bonds. The van der Waals surface area contributed by atoms with Crippen molar-refractivity contribution < 1.29 is 5.11 Å². The Hall–Kier alpha value is -0.300. The normalized spacial score (nSPS) is 57.0. The largest absolute Gasteiger partial charge is 0.393 e. The van der Waals surface area contributed by atoms with Gasteiger partial charge in [-0.05, 0) is 128 Å². The molecule has 0 heterocycles. The highest BCUT2D eigenvalue weighted by molar-refractivity contribution is 5.19. The van der Waals surface area contributed by atoms with Crippen LogP contribution in [0, 0.1) is 57.2 Å². The standard InChI is InChI=1S/C29H48O/c1-18(2)20-9-8-19-12-16-28(6)21(25(19)20)10-11-23-27(5)15-14-24(30)26(3,4)22(27)13-17-29(23,28)7/h19-25,30H,1,8-17H2,2-7H3. The minimum absolute atomic E-state index is 0.0697. The fourth-order valence-electron chi connectivity index (χ4n) is 11.2. The lowest BCUT2D eigenvalue weighted by molar-refractivity contribution is -0.240. The number of hydrogen-bond donors (Lipinski definition) is 1. The molecule has 10 atom stereocenters. The van der Waals surface area contributed by atoms with Gasteiger partial charge in [-0.3, -0.25) is 0 Å². The lowest BCUT2D eigenvalue weighted by Gasteiger charge is -2.72. The molecule has 5 fully saturated rings. The fraction of sp³-hybridized carbons (Fsp3) is 0.931. The van der Waals surface area contributed by atoms with Crippen molar-refractivity contribution in [1.29, 1.82) is 0 Å². The zero-order valence-corrected chi connectivity index (χ0v) is 20.8. The Balaban J connectivity index is 1.53. The molecule has 10 unspecified atom stereocenters. The smallest absolute Gasteiger partial charge is 0.0594 e. The predicted molar refractivity (Wildman–Crippen MR) is 126 cm³/mol. The molecule has 1 nitrogen and oxygen atoms in total. The van der Waals surface area contributed by atoms with Crippen molar-refractivity contribution in [2.75, 3.05) is 0 Å². The van der Waals surface area contributed by atoms with Gasteiger partial charge in [-0.25, -0.2) is 0 Å². The minimum Gasteiger partial charge on any atom is -0.393 e. The van der Waals surface area contributed by atoms with Gasteiger partial charge in [-0.1, -0.05) is 46.8 Å². The summed E-state index contributed by atoms with van der Waals surface area (Å²) in [6, 6.07) is 0. The topological polar surface area (TPSA) is 20.2 Å². The van der Waals surface area contributed by atoms with E-state index in [2.05, 4.69) is 48.1 Å². The summed E-state index contributed by atoms with van der Waals surface area (Å²) in [5.74, 6) is 5.09. The third kappa shape index (κ3) is 2.51. The molecule has 0 aliphatic heterocycles. The first-order valence-electron chi connectivity index (χ1n) is 13.3. The third-order valence-corrected chi connectivity index (χ3v) is 12.9. The molecular formula is C29H48O. The lowest BCUT2D eigenvalue weighted by atomic mass is 9.33. The van der Waals surface area contributed by atoms with Crippen LogP contribution in [-0.4, -0.2) is 11.2 Å². The van der Waals surface area contributed by atoms with E-state index in [4.69, 9.17) is 0 Å². The van der Waals surface area contributed by atoms with Crippen LogP contribution in [0.2, 0.25) is 0 Å². The molecule has 0 saturated heterocycles. The van der Waals surface area contributed by atoms with Gasteiger partial charge < -0.3 is 5.11 Å². The van der Waals surface area contributed by atoms with Crippen LogP contribution in [0.25, 0.3) is 0 Å². The Kier molecular flexibility index (Phi) is 4.75. The molecule has 0 radical (unpaired) electrons. The Morgan fingerprint density at radius 1 is 0.767 bits per heavy atom. The second-order valence-corrected chi connectivity index (χ2v) is 14.0. The van der Waals surface area contributed by atoms with Crippen LogP contribution in [0.1, 0.15) is 106 Å². The van der Waals surface area contributed by atoms with Crippen LogP contribution in [0.5, 0.6) is 0 Å². The average Bonchev–Trinajstić information content (AvgIpc) is 3.10. The Bertz CT molecular complexity index is 722. The van der Waals surface area contributed by atoms with Crippen molar-refractivity contribution in [3.8, 4) is 0 Å². The van der Waals surface area contributed by atoms with Crippen molar-refractivity contribution in [2.45, 2.75) is 112 Å². The van der Waals surface area contributed by atoms with Crippen LogP contribution in [-0.2, 0) is 0 Å². The number of aliphatic hydroxyl groups excluding tert-OH is 1. The minimum atomic E-state index is -0.114. The van der Waals surface area contributed by atoms with Gasteiger partial charge in [0.25, 0.3) is 0 Å². The fourth-order valence-corrected chi connectivity index (χ4v) is 11.2. The van der Waals surface area contributed by atoms with Gasteiger partial charge in [0.05, 0.1) is 6.10 Å². The van der Waals surface area contributed by atoms with E-state index in [1.54, 1.807) is 0 Å². The molecule has 0 aromatic rings. The van der Waals surface area contributed by atoms with Gasteiger partial charge in [0.1, 0.15) is 0 Å². The van der Waals surface area contributed by atoms with E-state index in [9.17, 15) is 5.11 Å². The first kappa shape index (κ1) is 21.5. The van der Waals surface area contributed by atoms with E-state index in [1.807, 2.05) is 0 Å². The average molecular weight is 413 g/mol. The predicted octanol–water partition coefficient (Wildman–Crippen LogP) is 7.63. The molecule has 0 spiro atoms. The summed E-state index contributed by atoms with van der Waals surface area (Å²) in [6.07, 6.45) is 13.5. The summed E-state index contributed by atoms with van der Waals surface area (Å²) >= 11 is 0. The summed E-state index contributed by atoms with van der Waals surface area (Å²) in [4.78, 5) is 0. The summed E-state index contributed by atoms with van der Waals surface area (Å²) in [7, 11) is 0. The second kappa shape index (κ2) is 6.61. The van der Waals surface area contributed by atoms with E-state index in [0.29, 0.717) is 22.2 Å². The van der Waals surface area contributed by atoms with Crippen molar-refractivity contribution >= 4 is 0 Å². The Morgan fingerprint density at radius 2 is 1.47 bits per heavy atom. The van der Waals surface area contributed by atoms with E-state index in [-0.39, 0.29) is 11.5 Å². The highest BCUT2D eigenvalue weighted by atomic mass is 16.3. The maximum atomic E-state index is 10.9. The van der Waals surface area contributed by atoms with Crippen molar-refractivity contribution in [2.24, 2.45) is 57.2 Å². The zero-order chi connectivity index (χ0) is 21.7. The lowest BCUT2D eigenvalue weighted by Crippen LogP contribution is -2.65. The number of fused-ring (bicyclic) bond motifs is 7. The van der Waals surface area contributed by atoms with Gasteiger partial charge in [-0.15, -0.1) is 0 Å². The number of hydrogen-bond acceptors (Lipinski definition) is 1. The van der Waals surface area contributed by atoms with Gasteiger partial charge in [0.15, 0.2) is 0 Å². The van der Waals surface area contributed by atoms with Crippen LogP contribution in [0.15, 0.2) is 12.2 Å². The van der Waals surface area contributed by atoms with E-state index in [0.717, 1.165) is 36.0 Å². The maximum absolute atomic E-state index is 10.9. The quantitative estimate of drug-likeness (QED) is 0.439. The van der Waals surface area contributed by atoms with Crippen LogP contribution >= 0.6 is 0 Å². The molecule has 170 valence electrons. The molecule has 30 heavy (non-hydrogen) atoms. The number of allylic oxidation sites excluding steroid dienone is 1. The van der Waals surface area contributed by atoms with Crippen molar-refractivity contribution in [3.05, 3.63) is 12.2 Å². The summed E-state index contributed by atoms with van der Waals surface area (Å²) < 4.78 is 0. The molecule has 1 N–H and O–H groups in total. The number of rotatable bonds is 1. The number of aliphatic hydroxyl groups is 1. The molecule has 5 aliphatic carbocycles. The molecule has 1 heteroatoms. The molecule has 0 aromatic heterocycles. The highest BCUT2D eigenvalue weighted by Crippen LogP contribution is 2.76. The Morgan fingerprint density at radius 3 is 2.17 bits per heavy atom. The highest BCUT2D eigenvalue weighted by Gasteiger charge is 2.68. The van der Waals surface area contributed by atoms with E-state index < -0.39 is 0 Å². The summed E-state index contributed by atoms with van der Waals surface area (Å²) in [5, 5.41) is 10.9. The van der Waals surface area contributed by atoms with Crippen molar-refractivity contribution in [3.63, 3.8) is 0 Å². The van der Waals surface area contributed by atoms with Crippen LogP contribution in [0.3, 0.4) is 0 Å². The van der Waals surface area contributed by atoms with E-state index >= 15 is 0 Å². The van der Waals surface area contributed by atoms with Gasteiger partial charge >= 0.3 is 0 Å². The molecule has 5 rings (SSSR count). The van der Waals surface area contributed by atoms with Gasteiger partial charge in [-0.2, -0.15) is 0 Å². The molecule has 0 bridgehead atoms. The first-order valence-corrected chi connectivity index (χ1v) is 13.3. The molecule has 0 aromatic carbocycles. The van der Waals surface area contributed by atoms with Gasteiger partial charge in [0.2, 0.25) is 0 Å². The van der Waals surface area contributed by atoms with Gasteiger partial charge in [0, 0.05) is 0 Å². The monoisotopic (exact) mass is 412 g/mol. The maximum Gasteiger partial charge on any atom is 0.0594 e. The zero-order valence-electron chi connectivity index (χ0n) is 20.8. The second-order valence-electron chi connectivity index (χ2n) is 14.0. The molecule has 5 aliphatic rings. The van der Waals surface area contributed by atoms with Crippen molar-refractivity contribution in [1.82, 2.24) is 0 Å². The van der Waals surface area contributed by atoms with Crippen LogP contribution in [0.4, 0.5) is 0 Å². The summed E-state index contributed by atoms with van der Waals surface area (Å²) in [5.41, 5.74) is 2.90. The molecular weight excluding hydrogens is 364 g/mol. The Labute approximate surface area is 186 Å². The third-order valence-electron chi connectivity index (χ3n) is 12.9. The van der Waals surface area contributed by atoms with Crippen LogP contribution < -0.4 is 0 Å².